The van der Waals surface area contributed by atoms with Crippen molar-refractivity contribution in [2.45, 2.75) is 0 Å². The first-order valence-corrected chi connectivity index (χ1v) is 11.3. The molecule has 0 saturated carbocycles. The van der Waals surface area contributed by atoms with E-state index in [1.165, 1.54) is 0 Å². The van der Waals surface area contributed by atoms with Gasteiger partial charge in [-0.05, 0) is 64.5 Å². The lowest BCUT2D eigenvalue weighted by atomic mass is 10.1. The Bertz CT molecular complexity index is 1230. The van der Waals surface area contributed by atoms with Gasteiger partial charge in [-0.2, -0.15) is 5.26 Å². The van der Waals surface area contributed by atoms with Crippen molar-refractivity contribution in [1.82, 2.24) is 9.97 Å². The van der Waals surface area contributed by atoms with Crippen LogP contribution < -0.4 is 21.0 Å². The summed E-state index contributed by atoms with van der Waals surface area (Å²) in [6, 6.07) is 17.4. The Morgan fingerprint density at radius 1 is 1.24 bits per heavy atom. The van der Waals surface area contributed by atoms with Crippen molar-refractivity contribution in [2.24, 2.45) is 10.8 Å². The smallest absolute Gasteiger partial charge is 0.227 e. The molecule has 1 aliphatic rings. The van der Waals surface area contributed by atoms with Gasteiger partial charge < -0.3 is 20.7 Å². The fraction of sp³-hybridized carbons (Fsp3) is 0.167. The van der Waals surface area contributed by atoms with Crippen LogP contribution >= 0.6 is 15.9 Å². The molecule has 3 aromatic rings. The van der Waals surface area contributed by atoms with Crippen molar-refractivity contribution in [2.75, 3.05) is 41.5 Å². The predicted molar refractivity (Wildman–Crippen MR) is 138 cm³/mol. The zero-order valence-corrected chi connectivity index (χ0v) is 19.9. The summed E-state index contributed by atoms with van der Waals surface area (Å²) in [5, 5.41) is 18.4. The van der Waals surface area contributed by atoms with E-state index < -0.39 is 0 Å². The summed E-state index contributed by atoms with van der Waals surface area (Å²) in [7, 11) is 0. The molecule has 1 saturated heterocycles. The fourth-order valence-corrected chi connectivity index (χ4v) is 3.71. The maximum absolute atomic E-state index is 9.54. The van der Waals surface area contributed by atoms with Crippen LogP contribution in [0.2, 0.25) is 0 Å². The van der Waals surface area contributed by atoms with Crippen LogP contribution in [0.3, 0.4) is 0 Å². The maximum Gasteiger partial charge on any atom is 0.227 e. The van der Waals surface area contributed by atoms with E-state index in [2.05, 4.69) is 53.9 Å². The van der Waals surface area contributed by atoms with Crippen LogP contribution in [0.25, 0.3) is 11.3 Å². The molecule has 10 heteroatoms. The van der Waals surface area contributed by atoms with Crippen LogP contribution in [0.1, 0.15) is 5.56 Å². The van der Waals surface area contributed by atoms with Crippen molar-refractivity contribution in [3.63, 3.8) is 0 Å². The van der Waals surface area contributed by atoms with E-state index in [0.717, 1.165) is 41.4 Å². The van der Waals surface area contributed by atoms with Gasteiger partial charge in [-0.15, -0.1) is 5.10 Å². The number of nitrogens with zero attached hydrogens (tertiary/aromatic N) is 6. The number of morpholine rings is 1. The summed E-state index contributed by atoms with van der Waals surface area (Å²) in [6.07, 6.45) is 3.25. The third kappa shape index (κ3) is 5.70. The number of aromatic nitrogens is 2. The molecule has 0 radical (unpaired) electrons. The number of hydrazone groups is 1. The summed E-state index contributed by atoms with van der Waals surface area (Å²) in [6.45, 7) is 6.67. The van der Waals surface area contributed by atoms with E-state index in [1.807, 2.05) is 48.5 Å². The highest BCUT2D eigenvalue weighted by Gasteiger charge is 2.14. The van der Waals surface area contributed by atoms with Gasteiger partial charge in [-0.25, -0.2) is 15.0 Å². The SMILES string of the molecule is C=CN(/N=C(\N)Br)c1ccc(Nc2nccc(-c3cc(C#N)cc(N4CCOCC4)c3)n2)cc1. The number of nitrogens with one attached hydrogen (secondary N) is 1. The molecule has 1 aliphatic heterocycles. The van der Waals surface area contributed by atoms with Gasteiger partial charge in [0.2, 0.25) is 5.95 Å². The predicted octanol–water partition coefficient (Wildman–Crippen LogP) is 4.17. The molecule has 9 nitrogen and oxygen atoms in total. The second-order valence-electron chi connectivity index (χ2n) is 7.37. The molecule has 1 aromatic heterocycles. The Kier molecular flexibility index (Phi) is 7.37. The molecule has 0 spiro atoms. The summed E-state index contributed by atoms with van der Waals surface area (Å²) >= 11 is 3.12. The van der Waals surface area contributed by atoms with Crippen LogP contribution in [0.15, 0.2) is 72.6 Å². The Morgan fingerprint density at radius 3 is 2.68 bits per heavy atom. The number of anilines is 4. The number of nitriles is 1. The highest BCUT2D eigenvalue weighted by Crippen LogP contribution is 2.27. The number of halogens is 1. The van der Waals surface area contributed by atoms with Crippen LogP contribution in [0, 0.1) is 11.3 Å². The van der Waals surface area contributed by atoms with E-state index in [4.69, 9.17) is 10.5 Å². The normalized spacial score (nSPS) is 13.8. The molecule has 0 aliphatic carbocycles. The van der Waals surface area contributed by atoms with Crippen LogP contribution in [-0.2, 0) is 4.74 Å². The van der Waals surface area contributed by atoms with Gasteiger partial charge in [-0.3, -0.25) is 0 Å². The number of amidine groups is 1. The Morgan fingerprint density at radius 2 is 2.00 bits per heavy atom. The molecule has 4 rings (SSSR count). The molecule has 0 atom stereocenters. The number of hydrogen-bond acceptors (Lipinski definition) is 8. The second kappa shape index (κ2) is 10.8. The summed E-state index contributed by atoms with van der Waals surface area (Å²) < 4.78 is 5.70. The van der Waals surface area contributed by atoms with Gasteiger partial charge in [-0.1, -0.05) is 6.58 Å². The molecule has 0 amide bonds. The lowest BCUT2D eigenvalue weighted by Crippen LogP contribution is -2.36. The Labute approximate surface area is 206 Å². The minimum Gasteiger partial charge on any atom is -0.378 e. The molecule has 172 valence electrons. The summed E-state index contributed by atoms with van der Waals surface area (Å²) in [5.41, 5.74) is 10.3. The minimum absolute atomic E-state index is 0.247. The Hall–Kier alpha value is -3.94. The van der Waals surface area contributed by atoms with Gasteiger partial charge in [0.15, 0.2) is 4.74 Å². The average molecular weight is 519 g/mol. The molecule has 34 heavy (non-hydrogen) atoms. The van der Waals surface area contributed by atoms with Crippen molar-refractivity contribution in [1.29, 1.82) is 5.26 Å². The van der Waals surface area contributed by atoms with Gasteiger partial charge in [0.25, 0.3) is 0 Å². The van der Waals surface area contributed by atoms with Gasteiger partial charge in [0, 0.05) is 42.4 Å². The lowest BCUT2D eigenvalue weighted by molar-refractivity contribution is 0.122. The van der Waals surface area contributed by atoms with E-state index in [-0.39, 0.29) is 4.74 Å². The Balaban J connectivity index is 1.56. The summed E-state index contributed by atoms with van der Waals surface area (Å²) in [5.74, 6) is 0.448. The van der Waals surface area contributed by atoms with Crippen LogP contribution in [0.5, 0.6) is 0 Å². The lowest BCUT2D eigenvalue weighted by Gasteiger charge is -2.29. The first kappa shape index (κ1) is 23.2. The monoisotopic (exact) mass is 518 g/mol. The van der Waals surface area contributed by atoms with Crippen molar-refractivity contribution < 1.29 is 4.74 Å². The number of hydrogen-bond donors (Lipinski definition) is 2. The van der Waals surface area contributed by atoms with Gasteiger partial charge in [0.1, 0.15) is 0 Å². The van der Waals surface area contributed by atoms with E-state index in [9.17, 15) is 5.26 Å². The fourth-order valence-electron chi connectivity index (χ4n) is 3.54. The molecule has 3 N–H and O–H groups in total. The van der Waals surface area contributed by atoms with Gasteiger partial charge >= 0.3 is 0 Å². The second-order valence-corrected chi connectivity index (χ2v) is 8.18. The molecule has 1 fully saturated rings. The number of nitrogens with two attached hydrogens (primary N) is 1. The highest BCUT2D eigenvalue weighted by molar-refractivity contribution is 9.18. The topological polar surface area (TPSA) is 116 Å². The number of benzene rings is 2. The first-order valence-electron chi connectivity index (χ1n) is 10.6. The molecule has 2 heterocycles. The molecule has 2 aromatic carbocycles. The van der Waals surface area contributed by atoms with Crippen molar-refractivity contribution in [3.05, 3.63) is 73.1 Å². The number of rotatable bonds is 7. The molecule has 0 bridgehead atoms. The summed E-state index contributed by atoms with van der Waals surface area (Å²) in [4.78, 5) is 11.2. The van der Waals surface area contributed by atoms with Crippen molar-refractivity contribution in [3.8, 4) is 17.3 Å². The van der Waals surface area contributed by atoms with E-state index in [1.54, 1.807) is 17.4 Å². The highest BCUT2D eigenvalue weighted by atomic mass is 79.9. The number of ether oxygens (including phenoxy) is 1. The maximum atomic E-state index is 9.54. The zero-order valence-electron chi connectivity index (χ0n) is 18.4. The first-order chi connectivity index (χ1) is 16.6. The van der Waals surface area contributed by atoms with Crippen LogP contribution in [0.4, 0.5) is 23.0 Å². The largest absolute Gasteiger partial charge is 0.378 e. The van der Waals surface area contributed by atoms with E-state index >= 15 is 0 Å². The van der Waals surface area contributed by atoms with Gasteiger partial charge in [0.05, 0.1) is 36.2 Å². The zero-order chi connectivity index (χ0) is 23.9. The third-order valence-corrected chi connectivity index (χ3v) is 5.30. The molecule has 0 unspecified atom stereocenters. The standard InChI is InChI=1S/C24H23BrN8O/c1-2-33(31-23(25)27)20-5-3-19(4-6-20)29-24-28-8-7-22(30-24)18-13-17(16-26)14-21(15-18)32-9-11-34-12-10-32/h2-8,13-15H,1,9-12H2,(H2,27,31)(H,28,29,30). The third-order valence-electron chi connectivity index (χ3n) is 5.14. The van der Waals surface area contributed by atoms with E-state index in [0.29, 0.717) is 24.7 Å². The quantitative estimate of drug-likeness (QED) is 0.207. The average Bonchev–Trinajstić information content (AvgIpc) is 2.88. The van der Waals surface area contributed by atoms with Crippen LogP contribution in [-0.4, -0.2) is 41.0 Å². The minimum atomic E-state index is 0.247. The molecular formula is C24H23BrN8O. The van der Waals surface area contributed by atoms with Crippen molar-refractivity contribution >= 4 is 43.7 Å². The molecular weight excluding hydrogens is 496 g/mol.